The summed E-state index contributed by atoms with van der Waals surface area (Å²) in [5, 5.41) is 11.8. The molecule has 1 amide bonds. The minimum absolute atomic E-state index is 0.318. The van der Waals surface area contributed by atoms with Crippen LogP contribution in [0.5, 0.6) is 5.75 Å². The van der Waals surface area contributed by atoms with Gasteiger partial charge in [-0.15, -0.1) is 4.91 Å². The van der Waals surface area contributed by atoms with Gasteiger partial charge in [0, 0.05) is 11.7 Å². The van der Waals surface area contributed by atoms with Gasteiger partial charge >= 0.3 is 5.91 Å². The number of nitroso groups, excluding NO2 is 1. The minimum atomic E-state index is -1.17. The summed E-state index contributed by atoms with van der Waals surface area (Å²) in [5.41, 5.74) is -0.170. The third kappa shape index (κ3) is 6.03. The second-order valence-corrected chi connectivity index (χ2v) is 8.80. The normalized spacial score (nSPS) is 15.0. The van der Waals surface area contributed by atoms with Crippen LogP contribution in [-0.4, -0.2) is 42.7 Å². The first-order valence-electron chi connectivity index (χ1n) is 11.6. The van der Waals surface area contributed by atoms with Gasteiger partial charge in [-0.2, -0.15) is 5.26 Å². The number of rotatable bonds is 9. The molecule has 2 aromatic rings. The Morgan fingerprint density at radius 3 is 2.41 bits per heavy atom. The fourth-order valence-corrected chi connectivity index (χ4v) is 4.23. The topological polar surface area (TPSA) is 82.8 Å². The Balaban J connectivity index is 1.61. The summed E-state index contributed by atoms with van der Waals surface area (Å²) < 4.78 is 34.8. The van der Waals surface area contributed by atoms with Crippen LogP contribution in [0.2, 0.25) is 0 Å². The molecule has 6 nitrogen and oxygen atoms in total. The zero-order chi connectivity index (χ0) is 24.7. The van der Waals surface area contributed by atoms with E-state index in [1.807, 2.05) is 13.8 Å². The van der Waals surface area contributed by atoms with Crippen LogP contribution in [0, 0.1) is 28.0 Å². The lowest BCUT2D eigenvalue weighted by Gasteiger charge is -2.36. The van der Waals surface area contributed by atoms with Crippen molar-refractivity contribution in [2.24, 2.45) is 11.1 Å². The Hall–Kier alpha value is -3.18. The van der Waals surface area contributed by atoms with Gasteiger partial charge in [0.05, 0.1) is 17.7 Å². The van der Waals surface area contributed by atoms with Crippen LogP contribution in [0.25, 0.3) is 11.1 Å². The predicted octanol–water partition coefficient (Wildman–Crippen LogP) is 5.89. The number of piperidine rings is 1. The van der Waals surface area contributed by atoms with Gasteiger partial charge in [-0.3, -0.25) is 4.79 Å². The van der Waals surface area contributed by atoms with E-state index in [2.05, 4.69) is 16.1 Å². The average Bonchev–Trinajstić information content (AvgIpc) is 2.87. The zero-order valence-corrected chi connectivity index (χ0v) is 19.5. The number of nitrogens with zero attached hydrogens (tertiary/aromatic N) is 3. The van der Waals surface area contributed by atoms with Crippen LogP contribution >= 0.6 is 0 Å². The van der Waals surface area contributed by atoms with Crippen molar-refractivity contribution in [3.8, 4) is 22.9 Å². The summed E-state index contributed by atoms with van der Waals surface area (Å²) in [4.78, 5) is 23.9. The van der Waals surface area contributed by atoms with E-state index in [9.17, 15) is 23.7 Å². The molecule has 0 spiro atoms. The maximum absolute atomic E-state index is 14.7. The van der Waals surface area contributed by atoms with E-state index in [0.29, 0.717) is 54.4 Å². The number of nitriles is 1. The third-order valence-electron chi connectivity index (χ3n) is 6.67. The van der Waals surface area contributed by atoms with E-state index < -0.39 is 23.0 Å². The fourth-order valence-electron chi connectivity index (χ4n) is 4.23. The van der Waals surface area contributed by atoms with Gasteiger partial charge in [0.1, 0.15) is 23.3 Å². The quantitative estimate of drug-likeness (QED) is 0.428. The van der Waals surface area contributed by atoms with Crippen LogP contribution in [0.3, 0.4) is 0 Å². The second kappa shape index (κ2) is 11.3. The van der Waals surface area contributed by atoms with Crippen molar-refractivity contribution in [2.75, 3.05) is 26.2 Å². The second-order valence-electron chi connectivity index (χ2n) is 8.80. The molecule has 0 N–H and O–H groups in total. The molecule has 0 radical (unpaired) electrons. The molecule has 0 bridgehead atoms. The van der Waals surface area contributed by atoms with Crippen molar-refractivity contribution in [1.82, 2.24) is 4.90 Å². The number of halogens is 2. The van der Waals surface area contributed by atoms with Gasteiger partial charge in [-0.1, -0.05) is 26.0 Å². The molecule has 1 aliphatic heterocycles. The lowest BCUT2D eigenvalue weighted by Crippen LogP contribution is -2.44. The maximum Gasteiger partial charge on any atom is 0.319 e. The zero-order valence-electron chi connectivity index (χ0n) is 19.5. The minimum Gasteiger partial charge on any atom is -0.492 e. The smallest absolute Gasteiger partial charge is 0.319 e. The number of ether oxygens (including phenoxy) is 1. The van der Waals surface area contributed by atoms with Crippen molar-refractivity contribution >= 4 is 5.91 Å². The van der Waals surface area contributed by atoms with Gasteiger partial charge in [-0.25, -0.2) is 8.78 Å². The number of carbonyl (C=O) groups excluding carboxylic acids is 1. The monoisotopic (exact) mass is 469 g/mol. The number of hydrogen-bond donors (Lipinski definition) is 0. The van der Waals surface area contributed by atoms with E-state index in [0.717, 1.165) is 32.0 Å². The molecule has 0 unspecified atom stereocenters. The molecule has 0 aliphatic carbocycles. The van der Waals surface area contributed by atoms with Crippen molar-refractivity contribution in [3.63, 3.8) is 0 Å². The van der Waals surface area contributed by atoms with Gasteiger partial charge < -0.3 is 9.64 Å². The molecule has 1 saturated heterocycles. The van der Waals surface area contributed by atoms with E-state index in [-0.39, 0.29) is 0 Å². The average molecular weight is 470 g/mol. The van der Waals surface area contributed by atoms with E-state index in [1.165, 1.54) is 12.1 Å². The van der Waals surface area contributed by atoms with Crippen LogP contribution < -0.4 is 4.74 Å². The number of likely N-dealkylation sites (tertiary alicyclic amines) is 1. The summed E-state index contributed by atoms with van der Waals surface area (Å²) in [7, 11) is 0. The Morgan fingerprint density at radius 2 is 1.82 bits per heavy atom. The standard InChI is InChI=1S/C26H29F2N3O3/c1-3-26(28,4-2)17-31-11-9-18(10-12-31)16-34-24-8-6-19(13-21(24)15-29)20-5-7-22(23(27)14-20)25(32)30-33/h5-8,13-14,18H,3-4,9-12,16-17H2,1-2H3. The Labute approximate surface area is 198 Å². The van der Waals surface area contributed by atoms with Gasteiger partial charge in [-0.05, 0) is 80.1 Å². The first-order chi connectivity index (χ1) is 16.3. The number of benzene rings is 2. The lowest BCUT2D eigenvalue weighted by atomic mass is 9.94. The molecule has 1 heterocycles. The number of hydrogen-bond acceptors (Lipinski definition) is 5. The third-order valence-corrected chi connectivity index (χ3v) is 6.67. The lowest BCUT2D eigenvalue weighted by molar-refractivity contribution is 0.0568. The van der Waals surface area contributed by atoms with Crippen LogP contribution in [0.4, 0.5) is 8.78 Å². The van der Waals surface area contributed by atoms with Crippen molar-refractivity contribution in [2.45, 2.75) is 45.2 Å². The Bertz CT molecular complexity index is 1070. The molecule has 8 heteroatoms. The molecule has 2 aromatic carbocycles. The number of alkyl halides is 1. The first kappa shape index (κ1) is 25.4. The molecule has 1 aliphatic rings. The Kier molecular flexibility index (Phi) is 8.46. The van der Waals surface area contributed by atoms with Gasteiger partial charge in [0.25, 0.3) is 0 Å². The highest BCUT2D eigenvalue weighted by atomic mass is 19.1. The van der Waals surface area contributed by atoms with E-state index in [4.69, 9.17) is 4.74 Å². The maximum atomic E-state index is 14.7. The van der Waals surface area contributed by atoms with E-state index >= 15 is 0 Å². The molecular formula is C26H29F2N3O3. The SMILES string of the molecule is CCC(F)(CC)CN1CCC(COc2ccc(-c3ccc(C(=O)N=O)c(F)c3)cc2C#N)CC1. The van der Waals surface area contributed by atoms with E-state index in [1.54, 1.807) is 18.2 Å². The van der Waals surface area contributed by atoms with Gasteiger partial charge in [0.15, 0.2) is 0 Å². The molecule has 0 aromatic heterocycles. The van der Waals surface area contributed by atoms with Crippen LogP contribution in [0.15, 0.2) is 41.6 Å². The highest BCUT2D eigenvalue weighted by molar-refractivity contribution is 5.95. The molecule has 0 atom stereocenters. The molecule has 3 rings (SSSR count). The molecule has 1 fully saturated rings. The molecule has 180 valence electrons. The fraction of sp³-hybridized carbons (Fsp3) is 0.462. The number of carbonyl (C=O) groups is 1. The predicted molar refractivity (Wildman–Crippen MR) is 126 cm³/mol. The summed E-state index contributed by atoms with van der Waals surface area (Å²) in [6.07, 6.45) is 2.85. The first-order valence-corrected chi connectivity index (χ1v) is 11.6. The number of amides is 1. The van der Waals surface area contributed by atoms with Crippen molar-refractivity contribution < 1.29 is 18.3 Å². The largest absolute Gasteiger partial charge is 0.492 e. The molecular weight excluding hydrogens is 440 g/mol. The summed E-state index contributed by atoms with van der Waals surface area (Å²) in [6.45, 7) is 6.36. The van der Waals surface area contributed by atoms with Crippen LogP contribution in [0.1, 0.15) is 55.5 Å². The highest BCUT2D eigenvalue weighted by Crippen LogP contribution is 2.30. The Morgan fingerprint density at radius 1 is 1.18 bits per heavy atom. The highest BCUT2D eigenvalue weighted by Gasteiger charge is 2.30. The van der Waals surface area contributed by atoms with Crippen molar-refractivity contribution in [3.05, 3.63) is 58.2 Å². The summed E-state index contributed by atoms with van der Waals surface area (Å²) >= 11 is 0. The summed E-state index contributed by atoms with van der Waals surface area (Å²) in [5.74, 6) is -1.25. The molecule has 0 saturated carbocycles. The van der Waals surface area contributed by atoms with Gasteiger partial charge in [0.2, 0.25) is 0 Å². The molecule has 34 heavy (non-hydrogen) atoms. The summed E-state index contributed by atoms with van der Waals surface area (Å²) in [6, 6.07) is 10.9. The van der Waals surface area contributed by atoms with Crippen LogP contribution in [-0.2, 0) is 0 Å². The van der Waals surface area contributed by atoms with Crippen molar-refractivity contribution in [1.29, 1.82) is 5.26 Å².